The van der Waals surface area contributed by atoms with Crippen molar-refractivity contribution in [3.8, 4) is 5.75 Å². The topological polar surface area (TPSA) is 69.9 Å². The van der Waals surface area contributed by atoms with Gasteiger partial charge in [-0.15, -0.1) is 11.8 Å². The molecule has 0 atom stereocenters. The number of thiazole rings is 1. The van der Waals surface area contributed by atoms with E-state index in [1.54, 1.807) is 23.4 Å². The molecule has 0 aliphatic carbocycles. The van der Waals surface area contributed by atoms with Gasteiger partial charge in [0.15, 0.2) is 4.80 Å². The minimum absolute atomic E-state index is 0.0399. The van der Waals surface area contributed by atoms with E-state index in [0.29, 0.717) is 22.7 Å². The SMILES string of the molecule is COC(=O)Cn1c(=NC(=O)CCSc2ccccc2)sc2cccc(OC)c21. The van der Waals surface area contributed by atoms with Gasteiger partial charge in [0.05, 0.1) is 18.9 Å². The molecule has 2 aromatic carbocycles. The molecule has 0 unspecified atom stereocenters. The van der Waals surface area contributed by atoms with Crippen molar-refractivity contribution in [3.63, 3.8) is 0 Å². The number of carbonyl (C=O) groups excluding carboxylic acids is 2. The number of aromatic nitrogens is 1. The molecule has 3 rings (SSSR count). The zero-order valence-electron chi connectivity index (χ0n) is 15.6. The minimum Gasteiger partial charge on any atom is -0.495 e. The number of rotatable bonds is 7. The van der Waals surface area contributed by atoms with E-state index in [1.807, 2.05) is 48.5 Å². The Bertz CT molecular complexity index is 1040. The van der Waals surface area contributed by atoms with E-state index in [9.17, 15) is 9.59 Å². The maximum Gasteiger partial charge on any atom is 0.325 e. The van der Waals surface area contributed by atoms with Crippen LogP contribution in [0.5, 0.6) is 5.75 Å². The van der Waals surface area contributed by atoms with Crippen LogP contribution in [0.2, 0.25) is 0 Å². The number of hydrogen-bond donors (Lipinski definition) is 0. The van der Waals surface area contributed by atoms with Crippen LogP contribution in [0.1, 0.15) is 6.42 Å². The first-order valence-electron chi connectivity index (χ1n) is 8.61. The van der Waals surface area contributed by atoms with Gasteiger partial charge < -0.3 is 14.0 Å². The maximum absolute atomic E-state index is 12.4. The number of fused-ring (bicyclic) bond motifs is 1. The third kappa shape index (κ3) is 4.82. The van der Waals surface area contributed by atoms with E-state index in [4.69, 9.17) is 9.47 Å². The van der Waals surface area contributed by atoms with E-state index in [0.717, 1.165) is 15.1 Å². The van der Waals surface area contributed by atoms with E-state index >= 15 is 0 Å². The van der Waals surface area contributed by atoms with Gasteiger partial charge in [-0.1, -0.05) is 35.6 Å². The van der Waals surface area contributed by atoms with Crippen LogP contribution in [0, 0.1) is 0 Å². The van der Waals surface area contributed by atoms with Gasteiger partial charge in [-0.2, -0.15) is 4.99 Å². The first kappa shape index (κ1) is 20.2. The molecule has 0 aliphatic heterocycles. The van der Waals surface area contributed by atoms with Crippen LogP contribution in [0.15, 0.2) is 58.4 Å². The monoisotopic (exact) mass is 416 g/mol. The van der Waals surface area contributed by atoms with Crippen LogP contribution in [-0.2, 0) is 20.9 Å². The van der Waals surface area contributed by atoms with Gasteiger partial charge in [-0.25, -0.2) is 0 Å². The summed E-state index contributed by atoms with van der Waals surface area (Å²) in [4.78, 5) is 30.1. The van der Waals surface area contributed by atoms with E-state index < -0.39 is 5.97 Å². The first-order valence-corrected chi connectivity index (χ1v) is 10.4. The fourth-order valence-electron chi connectivity index (χ4n) is 2.62. The molecule has 0 radical (unpaired) electrons. The highest BCUT2D eigenvalue weighted by molar-refractivity contribution is 7.99. The zero-order valence-corrected chi connectivity index (χ0v) is 17.2. The Hall–Kier alpha value is -2.58. The second kappa shape index (κ2) is 9.57. The van der Waals surface area contributed by atoms with Crippen molar-refractivity contribution in [2.24, 2.45) is 4.99 Å². The quantitative estimate of drug-likeness (QED) is 0.436. The summed E-state index contributed by atoms with van der Waals surface area (Å²) in [7, 11) is 2.90. The second-order valence-corrected chi connectivity index (χ2v) is 7.95. The second-order valence-electron chi connectivity index (χ2n) is 5.77. The third-order valence-corrected chi connectivity index (χ3v) is 6.00. The summed E-state index contributed by atoms with van der Waals surface area (Å²) in [5.41, 5.74) is 0.727. The molecule has 0 aliphatic rings. The van der Waals surface area contributed by atoms with E-state index in [2.05, 4.69) is 4.99 Å². The molecular weight excluding hydrogens is 396 g/mol. The smallest absolute Gasteiger partial charge is 0.325 e. The number of hydrogen-bond acceptors (Lipinski definition) is 6. The van der Waals surface area contributed by atoms with Gasteiger partial charge in [0.2, 0.25) is 5.91 Å². The average molecular weight is 417 g/mol. The normalized spacial score (nSPS) is 11.6. The van der Waals surface area contributed by atoms with Gasteiger partial charge >= 0.3 is 5.97 Å². The molecule has 0 saturated heterocycles. The van der Waals surface area contributed by atoms with Crippen molar-refractivity contribution in [3.05, 3.63) is 53.3 Å². The molecule has 1 amide bonds. The van der Waals surface area contributed by atoms with Crippen molar-refractivity contribution < 1.29 is 19.1 Å². The largest absolute Gasteiger partial charge is 0.495 e. The van der Waals surface area contributed by atoms with Gasteiger partial charge in [0, 0.05) is 17.1 Å². The van der Waals surface area contributed by atoms with E-state index in [1.165, 1.54) is 18.4 Å². The Morgan fingerprint density at radius 1 is 1.11 bits per heavy atom. The minimum atomic E-state index is -0.417. The number of esters is 1. The van der Waals surface area contributed by atoms with Crippen molar-refractivity contribution in [2.45, 2.75) is 17.9 Å². The molecule has 0 N–H and O–H groups in total. The molecule has 146 valence electrons. The number of carbonyl (C=O) groups is 2. The molecule has 0 saturated carbocycles. The Kier molecular flexibility index (Phi) is 6.89. The summed E-state index contributed by atoms with van der Waals surface area (Å²) in [5.74, 6) is 0.607. The number of amides is 1. The molecule has 0 bridgehead atoms. The van der Waals surface area contributed by atoms with Crippen LogP contribution in [0.3, 0.4) is 0 Å². The van der Waals surface area contributed by atoms with Crippen molar-refractivity contribution in [1.82, 2.24) is 4.57 Å². The average Bonchev–Trinajstić information content (AvgIpc) is 3.05. The molecule has 0 spiro atoms. The maximum atomic E-state index is 12.4. The van der Waals surface area contributed by atoms with Gasteiger partial charge in [-0.3, -0.25) is 9.59 Å². The highest BCUT2D eigenvalue weighted by Crippen LogP contribution is 2.27. The fourth-order valence-corrected chi connectivity index (χ4v) is 4.55. The molecular formula is C20H20N2O4S2. The summed E-state index contributed by atoms with van der Waals surface area (Å²) in [6.07, 6.45) is 0.309. The van der Waals surface area contributed by atoms with Gasteiger partial charge in [0.1, 0.15) is 17.8 Å². The summed E-state index contributed by atoms with van der Waals surface area (Å²) in [5, 5.41) is 0. The highest BCUT2D eigenvalue weighted by Gasteiger charge is 2.15. The summed E-state index contributed by atoms with van der Waals surface area (Å²) >= 11 is 2.96. The summed E-state index contributed by atoms with van der Waals surface area (Å²) in [6, 6.07) is 15.5. The molecule has 1 aromatic heterocycles. The molecule has 28 heavy (non-hydrogen) atoms. The van der Waals surface area contributed by atoms with E-state index in [-0.39, 0.29) is 12.5 Å². The number of methoxy groups -OCH3 is 2. The molecule has 3 aromatic rings. The lowest BCUT2D eigenvalue weighted by Gasteiger charge is -2.07. The van der Waals surface area contributed by atoms with Gasteiger partial charge in [0.25, 0.3) is 0 Å². The number of benzene rings is 2. The van der Waals surface area contributed by atoms with Crippen LogP contribution < -0.4 is 9.54 Å². The lowest BCUT2D eigenvalue weighted by molar-refractivity contribution is -0.141. The fraction of sp³-hybridized carbons (Fsp3) is 0.250. The Balaban J connectivity index is 1.86. The standard InChI is InChI=1S/C20H20N2O4S2/c1-25-15-9-6-10-16-19(15)22(13-18(24)26-2)20(28-16)21-17(23)11-12-27-14-7-4-3-5-8-14/h3-10H,11-13H2,1-2H3. The van der Waals surface area contributed by atoms with Crippen molar-refractivity contribution in [1.29, 1.82) is 0 Å². The molecule has 8 heteroatoms. The molecule has 1 heterocycles. The number of para-hydroxylation sites is 1. The Morgan fingerprint density at radius 2 is 1.89 bits per heavy atom. The summed E-state index contributed by atoms with van der Waals surface area (Å²) < 4.78 is 12.8. The van der Waals surface area contributed by atoms with Crippen LogP contribution >= 0.6 is 23.1 Å². The summed E-state index contributed by atoms with van der Waals surface area (Å²) in [6.45, 7) is -0.0399. The Morgan fingerprint density at radius 3 is 2.61 bits per heavy atom. The highest BCUT2D eigenvalue weighted by atomic mass is 32.2. The zero-order chi connectivity index (χ0) is 19.9. The van der Waals surface area contributed by atoms with Crippen molar-refractivity contribution in [2.75, 3.05) is 20.0 Å². The predicted octanol–water partition coefficient (Wildman–Crippen LogP) is 3.49. The Labute approximate surface area is 170 Å². The lowest BCUT2D eigenvalue weighted by atomic mass is 10.3. The van der Waals surface area contributed by atoms with Crippen molar-refractivity contribution >= 4 is 45.2 Å². The lowest BCUT2D eigenvalue weighted by Crippen LogP contribution is -2.22. The third-order valence-electron chi connectivity index (χ3n) is 3.95. The van der Waals surface area contributed by atoms with Crippen LogP contribution in [-0.4, -0.2) is 36.4 Å². The number of thioether (sulfide) groups is 1. The first-order chi connectivity index (χ1) is 13.6. The molecule has 6 nitrogen and oxygen atoms in total. The van der Waals surface area contributed by atoms with Gasteiger partial charge in [-0.05, 0) is 24.3 Å². The predicted molar refractivity (Wildman–Crippen MR) is 111 cm³/mol. The molecule has 0 fully saturated rings. The number of ether oxygens (including phenoxy) is 2. The number of nitrogens with zero attached hydrogens (tertiary/aromatic N) is 2. The van der Waals surface area contributed by atoms with Crippen LogP contribution in [0.4, 0.5) is 0 Å². The van der Waals surface area contributed by atoms with Crippen LogP contribution in [0.25, 0.3) is 10.2 Å².